The van der Waals surface area contributed by atoms with Gasteiger partial charge in [0.2, 0.25) is 0 Å². The minimum absolute atomic E-state index is 0.141. The smallest absolute Gasteiger partial charge is 0.319 e. The molecule has 0 heterocycles. The van der Waals surface area contributed by atoms with Crippen LogP contribution < -0.4 is 5.73 Å². The molecule has 0 fully saturated rings. The number of hydrogen-bond donors (Lipinski definition) is 1. The number of esters is 1. The first-order valence-corrected chi connectivity index (χ1v) is 6.45. The lowest BCUT2D eigenvalue weighted by molar-refractivity contribution is -0.142. The molecule has 1 aromatic rings. The predicted octanol–water partition coefficient (Wildman–Crippen LogP) is 2.98. The van der Waals surface area contributed by atoms with Crippen molar-refractivity contribution >= 4 is 23.4 Å². The number of nitrogens with two attached hydrogens (primary N) is 1. The van der Waals surface area contributed by atoms with Crippen molar-refractivity contribution in [3.63, 3.8) is 0 Å². The minimum atomic E-state index is -0.805. The highest BCUT2D eigenvalue weighted by atomic mass is 32.2. The molecular weight excluding hydrogens is 260 g/mol. The third-order valence-corrected chi connectivity index (χ3v) is 3.62. The van der Waals surface area contributed by atoms with Crippen LogP contribution in [0.4, 0.5) is 14.5 Å². The number of carbonyl (C=O) groups is 1. The molecule has 0 spiro atoms. The summed E-state index contributed by atoms with van der Waals surface area (Å²) in [5.41, 5.74) is 5.23. The highest BCUT2D eigenvalue weighted by Crippen LogP contribution is 2.31. The van der Waals surface area contributed by atoms with Crippen molar-refractivity contribution < 1.29 is 18.3 Å². The molecule has 3 nitrogen and oxygen atoms in total. The van der Waals surface area contributed by atoms with E-state index in [0.717, 1.165) is 17.8 Å². The van der Waals surface area contributed by atoms with Crippen molar-refractivity contribution in [1.29, 1.82) is 0 Å². The quantitative estimate of drug-likeness (QED) is 0.510. The zero-order chi connectivity index (χ0) is 13.7. The van der Waals surface area contributed by atoms with Crippen molar-refractivity contribution in [2.75, 3.05) is 12.3 Å². The van der Waals surface area contributed by atoms with Crippen LogP contribution in [0.15, 0.2) is 17.0 Å². The third kappa shape index (κ3) is 3.60. The van der Waals surface area contributed by atoms with Crippen LogP contribution in [0.2, 0.25) is 0 Å². The van der Waals surface area contributed by atoms with Crippen LogP contribution in [-0.2, 0) is 9.53 Å². The lowest BCUT2D eigenvalue weighted by Crippen LogP contribution is -2.19. The molecule has 0 saturated heterocycles. The lowest BCUT2D eigenvalue weighted by Gasteiger charge is -2.14. The number of halogens is 2. The number of hydrogen-bond acceptors (Lipinski definition) is 4. The molecule has 0 aliphatic heterocycles. The molecule has 0 aliphatic rings. The summed E-state index contributed by atoms with van der Waals surface area (Å²) in [4.78, 5) is 11.7. The fourth-order valence-corrected chi connectivity index (χ4v) is 2.33. The summed E-state index contributed by atoms with van der Waals surface area (Å²) < 4.78 is 31.4. The molecule has 1 aromatic carbocycles. The van der Waals surface area contributed by atoms with Crippen LogP contribution in [-0.4, -0.2) is 17.8 Å². The Balaban J connectivity index is 2.88. The molecule has 1 atom stereocenters. The van der Waals surface area contributed by atoms with E-state index in [1.165, 1.54) is 6.07 Å². The highest BCUT2D eigenvalue weighted by molar-refractivity contribution is 8.00. The Bertz CT molecular complexity index is 440. The van der Waals surface area contributed by atoms with E-state index in [0.29, 0.717) is 6.42 Å². The van der Waals surface area contributed by atoms with E-state index in [9.17, 15) is 13.6 Å². The van der Waals surface area contributed by atoms with Gasteiger partial charge in [-0.1, -0.05) is 6.92 Å². The fourth-order valence-electron chi connectivity index (χ4n) is 1.32. The molecule has 0 amide bonds. The normalized spacial score (nSPS) is 12.2. The molecule has 6 heteroatoms. The van der Waals surface area contributed by atoms with E-state index in [1.807, 2.05) is 0 Å². The molecule has 0 saturated carbocycles. The average molecular weight is 275 g/mol. The standard InChI is InChI=1S/C12H15F2NO2S/c1-3-10(12(16)17-4-2)18-11-6-9(15)7(13)5-8(11)14/h5-6,10H,3-4,15H2,1-2H3. The Kier molecular flexibility index (Phi) is 5.40. The predicted molar refractivity (Wildman–Crippen MR) is 67.3 cm³/mol. The second-order valence-corrected chi connectivity index (χ2v) is 4.82. The summed E-state index contributed by atoms with van der Waals surface area (Å²) in [7, 11) is 0. The van der Waals surface area contributed by atoms with Crippen molar-refractivity contribution in [3.8, 4) is 0 Å². The van der Waals surface area contributed by atoms with Crippen molar-refractivity contribution in [2.45, 2.75) is 30.4 Å². The zero-order valence-corrected chi connectivity index (χ0v) is 11.0. The first-order valence-electron chi connectivity index (χ1n) is 5.57. The van der Waals surface area contributed by atoms with Gasteiger partial charge in [-0.25, -0.2) is 8.78 Å². The highest BCUT2D eigenvalue weighted by Gasteiger charge is 2.21. The Morgan fingerprint density at radius 2 is 2.06 bits per heavy atom. The zero-order valence-electron chi connectivity index (χ0n) is 10.2. The van der Waals surface area contributed by atoms with E-state index in [1.54, 1.807) is 13.8 Å². The number of nitrogen functional groups attached to an aromatic ring is 1. The van der Waals surface area contributed by atoms with Crippen LogP contribution in [0.3, 0.4) is 0 Å². The Morgan fingerprint density at radius 1 is 1.39 bits per heavy atom. The molecule has 1 unspecified atom stereocenters. The summed E-state index contributed by atoms with van der Waals surface area (Å²) in [5, 5.41) is -0.524. The maximum Gasteiger partial charge on any atom is 0.319 e. The lowest BCUT2D eigenvalue weighted by atomic mass is 10.3. The van der Waals surface area contributed by atoms with Crippen molar-refractivity contribution in [1.82, 2.24) is 0 Å². The van der Waals surface area contributed by atoms with Crippen LogP contribution >= 0.6 is 11.8 Å². The second-order valence-electron chi connectivity index (χ2n) is 3.57. The van der Waals surface area contributed by atoms with Gasteiger partial charge in [0.05, 0.1) is 12.3 Å². The maximum absolute atomic E-state index is 13.5. The van der Waals surface area contributed by atoms with E-state index < -0.39 is 22.9 Å². The molecule has 100 valence electrons. The molecule has 0 aromatic heterocycles. The first-order chi connectivity index (χ1) is 8.49. The van der Waals surface area contributed by atoms with Crippen LogP contribution in [0.1, 0.15) is 20.3 Å². The van der Waals surface area contributed by atoms with Crippen molar-refractivity contribution in [3.05, 3.63) is 23.8 Å². The summed E-state index contributed by atoms with van der Waals surface area (Å²) in [6, 6.07) is 1.91. The topological polar surface area (TPSA) is 52.3 Å². The van der Waals surface area contributed by atoms with Gasteiger partial charge in [0, 0.05) is 11.0 Å². The van der Waals surface area contributed by atoms with Gasteiger partial charge in [0.25, 0.3) is 0 Å². The molecule has 1 rings (SSSR count). The number of benzene rings is 1. The van der Waals surface area contributed by atoms with Crippen LogP contribution in [0, 0.1) is 11.6 Å². The SMILES string of the molecule is CCOC(=O)C(CC)Sc1cc(N)c(F)cc1F. The van der Waals surface area contributed by atoms with Gasteiger partial charge in [-0.15, -0.1) is 11.8 Å². The number of rotatable bonds is 5. The van der Waals surface area contributed by atoms with Gasteiger partial charge < -0.3 is 10.5 Å². The Hall–Kier alpha value is -1.30. The summed E-state index contributed by atoms with van der Waals surface area (Å²) in [6.45, 7) is 3.76. The van der Waals surface area contributed by atoms with E-state index in [2.05, 4.69) is 0 Å². The number of anilines is 1. The van der Waals surface area contributed by atoms with Gasteiger partial charge in [-0.3, -0.25) is 4.79 Å². The molecular formula is C12H15F2NO2S. The number of carbonyl (C=O) groups excluding carboxylic acids is 1. The fraction of sp³-hybridized carbons (Fsp3) is 0.417. The maximum atomic E-state index is 13.5. The van der Waals surface area contributed by atoms with Gasteiger partial charge in [0.15, 0.2) is 0 Å². The minimum Gasteiger partial charge on any atom is -0.465 e. The third-order valence-electron chi connectivity index (χ3n) is 2.24. The Labute approximate surface area is 109 Å². The van der Waals surface area contributed by atoms with E-state index in [-0.39, 0.29) is 17.2 Å². The summed E-state index contributed by atoms with van der Waals surface area (Å²) in [5.74, 6) is -1.94. The van der Waals surface area contributed by atoms with Crippen LogP contribution in [0.25, 0.3) is 0 Å². The summed E-state index contributed by atoms with van der Waals surface area (Å²) in [6.07, 6.45) is 0.486. The van der Waals surface area contributed by atoms with Gasteiger partial charge >= 0.3 is 5.97 Å². The molecule has 0 bridgehead atoms. The molecule has 0 aliphatic carbocycles. The molecule has 2 N–H and O–H groups in total. The number of ether oxygens (including phenoxy) is 1. The van der Waals surface area contributed by atoms with Gasteiger partial charge in [-0.05, 0) is 19.4 Å². The largest absolute Gasteiger partial charge is 0.465 e. The average Bonchev–Trinajstić information content (AvgIpc) is 2.32. The Morgan fingerprint density at radius 3 is 2.61 bits per heavy atom. The van der Waals surface area contributed by atoms with E-state index in [4.69, 9.17) is 10.5 Å². The van der Waals surface area contributed by atoms with Crippen LogP contribution in [0.5, 0.6) is 0 Å². The monoisotopic (exact) mass is 275 g/mol. The first kappa shape index (κ1) is 14.8. The van der Waals surface area contributed by atoms with Gasteiger partial charge in [-0.2, -0.15) is 0 Å². The van der Waals surface area contributed by atoms with Crippen molar-refractivity contribution in [2.24, 2.45) is 0 Å². The second kappa shape index (κ2) is 6.58. The molecule has 0 radical (unpaired) electrons. The molecule has 18 heavy (non-hydrogen) atoms. The van der Waals surface area contributed by atoms with Gasteiger partial charge in [0.1, 0.15) is 16.9 Å². The van der Waals surface area contributed by atoms with E-state index >= 15 is 0 Å². The summed E-state index contributed by atoms with van der Waals surface area (Å²) >= 11 is 0.990. The number of thioether (sulfide) groups is 1.